The molecule has 0 bridgehead atoms. The average molecular weight is 316 g/mol. The van der Waals surface area contributed by atoms with Gasteiger partial charge < -0.3 is 9.64 Å². The van der Waals surface area contributed by atoms with Gasteiger partial charge in [0.2, 0.25) is 0 Å². The van der Waals surface area contributed by atoms with Crippen molar-refractivity contribution in [3.8, 4) is 0 Å². The molecule has 3 rings (SSSR count). The van der Waals surface area contributed by atoms with Crippen LogP contribution < -0.4 is 0 Å². The Morgan fingerprint density at radius 3 is 2.74 bits per heavy atom. The van der Waals surface area contributed by atoms with Crippen LogP contribution in [0.1, 0.15) is 39.0 Å². The molecule has 5 heteroatoms. The number of rotatable bonds is 8. The maximum atomic E-state index is 5.85. The maximum absolute atomic E-state index is 5.85. The van der Waals surface area contributed by atoms with Gasteiger partial charge in [0.05, 0.1) is 11.6 Å². The van der Waals surface area contributed by atoms with Crippen LogP contribution in [0.5, 0.6) is 0 Å². The van der Waals surface area contributed by atoms with Gasteiger partial charge in [-0.15, -0.1) is 5.10 Å². The molecule has 2 aromatic rings. The van der Waals surface area contributed by atoms with E-state index in [1.807, 2.05) is 22.9 Å². The molecule has 0 saturated carbocycles. The van der Waals surface area contributed by atoms with E-state index < -0.39 is 0 Å². The number of ether oxygens (including phenoxy) is 1. The van der Waals surface area contributed by atoms with Gasteiger partial charge in [-0.05, 0) is 50.8 Å². The average Bonchev–Trinajstić information content (AvgIpc) is 3.01. The van der Waals surface area contributed by atoms with E-state index in [2.05, 4.69) is 28.2 Å². The van der Waals surface area contributed by atoms with Gasteiger partial charge in [0, 0.05) is 26.2 Å². The number of hydrogen-bond acceptors (Lipinski definition) is 4. The predicted molar refractivity (Wildman–Crippen MR) is 92.5 cm³/mol. The van der Waals surface area contributed by atoms with Gasteiger partial charge in [0.1, 0.15) is 5.52 Å². The Balaban J connectivity index is 1.34. The Hall–Kier alpha value is -1.46. The molecule has 0 unspecified atom stereocenters. The van der Waals surface area contributed by atoms with E-state index in [1.165, 1.54) is 38.9 Å². The summed E-state index contributed by atoms with van der Waals surface area (Å²) >= 11 is 0. The number of unbranched alkanes of at least 4 members (excludes halogenated alkanes) is 1. The van der Waals surface area contributed by atoms with E-state index in [-0.39, 0.29) is 0 Å². The van der Waals surface area contributed by atoms with Crippen LogP contribution in [-0.4, -0.2) is 52.2 Å². The van der Waals surface area contributed by atoms with Crippen LogP contribution >= 0.6 is 0 Å². The van der Waals surface area contributed by atoms with Crippen molar-refractivity contribution in [2.75, 3.05) is 26.2 Å². The molecule has 5 nitrogen and oxygen atoms in total. The molecule has 0 amide bonds. The molecular weight excluding hydrogens is 288 g/mol. The number of nitrogens with zero attached hydrogens (tertiary/aromatic N) is 4. The highest BCUT2D eigenvalue weighted by molar-refractivity contribution is 5.73. The third-order valence-electron chi connectivity index (χ3n) is 4.61. The third-order valence-corrected chi connectivity index (χ3v) is 4.61. The van der Waals surface area contributed by atoms with Crippen LogP contribution in [0.4, 0.5) is 0 Å². The minimum Gasteiger partial charge on any atom is -0.378 e. The molecule has 1 aromatic heterocycles. The fourth-order valence-corrected chi connectivity index (χ4v) is 3.26. The summed E-state index contributed by atoms with van der Waals surface area (Å²) in [4.78, 5) is 2.57. The summed E-state index contributed by atoms with van der Waals surface area (Å²) in [5.74, 6) is 0. The number of aromatic nitrogens is 3. The van der Waals surface area contributed by atoms with E-state index in [1.54, 1.807) is 0 Å². The minimum atomic E-state index is 0.493. The van der Waals surface area contributed by atoms with Crippen molar-refractivity contribution in [2.24, 2.45) is 0 Å². The molecule has 1 fully saturated rings. The van der Waals surface area contributed by atoms with Gasteiger partial charge in [0.15, 0.2) is 0 Å². The zero-order chi connectivity index (χ0) is 15.9. The lowest BCUT2D eigenvalue weighted by atomic mass is 10.1. The topological polar surface area (TPSA) is 43.2 Å². The maximum Gasteiger partial charge on any atom is 0.113 e. The number of piperidine rings is 1. The van der Waals surface area contributed by atoms with Crippen LogP contribution in [0.15, 0.2) is 24.3 Å². The van der Waals surface area contributed by atoms with Gasteiger partial charge >= 0.3 is 0 Å². The van der Waals surface area contributed by atoms with Crippen molar-refractivity contribution in [3.63, 3.8) is 0 Å². The van der Waals surface area contributed by atoms with Gasteiger partial charge in [-0.1, -0.05) is 24.3 Å². The minimum absolute atomic E-state index is 0.493. The van der Waals surface area contributed by atoms with Crippen molar-refractivity contribution >= 4 is 11.0 Å². The quantitative estimate of drug-likeness (QED) is 0.702. The van der Waals surface area contributed by atoms with Crippen LogP contribution in [0.3, 0.4) is 0 Å². The lowest BCUT2D eigenvalue weighted by Crippen LogP contribution is -2.37. The largest absolute Gasteiger partial charge is 0.378 e. The Morgan fingerprint density at radius 2 is 1.91 bits per heavy atom. The fraction of sp³-hybridized carbons (Fsp3) is 0.667. The second-order valence-electron chi connectivity index (χ2n) is 6.42. The lowest BCUT2D eigenvalue weighted by Gasteiger charge is -2.31. The van der Waals surface area contributed by atoms with E-state index in [0.717, 1.165) is 37.0 Å². The number of para-hydroxylation sites is 1. The molecular formula is C18H28N4O. The summed E-state index contributed by atoms with van der Waals surface area (Å²) in [6.45, 7) is 7.59. The summed E-state index contributed by atoms with van der Waals surface area (Å²) in [7, 11) is 0. The molecule has 0 atom stereocenters. The monoisotopic (exact) mass is 316 g/mol. The lowest BCUT2D eigenvalue weighted by molar-refractivity contribution is 0.00762. The van der Waals surface area contributed by atoms with Gasteiger partial charge in [-0.3, -0.25) is 0 Å². The molecule has 23 heavy (non-hydrogen) atoms. The Bertz CT molecular complexity index is 589. The highest BCUT2D eigenvalue weighted by Gasteiger charge is 2.18. The number of likely N-dealkylation sites (tertiary alicyclic amines) is 1. The first-order chi connectivity index (χ1) is 11.4. The molecule has 1 aliphatic heterocycles. The fourth-order valence-electron chi connectivity index (χ4n) is 3.26. The first-order valence-electron chi connectivity index (χ1n) is 8.99. The van der Waals surface area contributed by atoms with E-state index in [9.17, 15) is 0 Å². The van der Waals surface area contributed by atoms with Crippen molar-refractivity contribution < 1.29 is 4.74 Å². The highest BCUT2D eigenvalue weighted by Crippen LogP contribution is 2.15. The Labute approximate surface area is 138 Å². The SMILES string of the molecule is CCCOC1CCN(CCCCn2nnc3ccccc32)CC1. The zero-order valence-corrected chi connectivity index (χ0v) is 14.2. The second kappa shape index (κ2) is 8.41. The van der Waals surface area contributed by atoms with Crippen molar-refractivity contribution in [1.82, 2.24) is 19.9 Å². The van der Waals surface area contributed by atoms with Crippen molar-refractivity contribution in [2.45, 2.75) is 51.7 Å². The molecule has 126 valence electrons. The summed E-state index contributed by atoms with van der Waals surface area (Å²) < 4.78 is 7.88. The Morgan fingerprint density at radius 1 is 1.13 bits per heavy atom. The summed E-state index contributed by atoms with van der Waals surface area (Å²) in [6, 6.07) is 8.17. The van der Waals surface area contributed by atoms with Gasteiger partial charge in [-0.25, -0.2) is 4.68 Å². The second-order valence-corrected chi connectivity index (χ2v) is 6.42. The van der Waals surface area contributed by atoms with Crippen LogP contribution in [0.2, 0.25) is 0 Å². The number of aryl methyl sites for hydroxylation is 1. The Kier molecular flexibility index (Phi) is 6.00. The number of benzene rings is 1. The first-order valence-corrected chi connectivity index (χ1v) is 8.99. The third kappa shape index (κ3) is 4.52. The standard InChI is InChI=1S/C18H28N4O/c1-2-15-23-16-9-13-21(14-10-16)11-5-6-12-22-18-8-4-3-7-17(18)19-20-22/h3-4,7-8,16H,2,5-6,9-15H2,1H3. The van der Waals surface area contributed by atoms with Gasteiger partial charge in [0.25, 0.3) is 0 Å². The summed E-state index contributed by atoms with van der Waals surface area (Å²) in [5.41, 5.74) is 2.13. The van der Waals surface area contributed by atoms with E-state index in [0.29, 0.717) is 6.10 Å². The van der Waals surface area contributed by atoms with Gasteiger partial charge in [-0.2, -0.15) is 0 Å². The first kappa shape index (κ1) is 16.4. The molecule has 0 radical (unpaired) electrons. The number of hydrogen-bond donors (Lipinski definition) is 0. The van der Waals surface area contributed by atoms with E-state index >= 15 is 0 Å². The van der Waals surface area contributed by atoms with Crippen molar-refractivity contribution in [3.05, 3.63) is 24.3 Å². The smallest absolute Gasteiger partial charge is 0.113 e. The zero-order valence-electron chi connectivity index (χ0n) is 14.2. The molecule has 0 spiro atoms. The molecule has 2 heterocycles. The molecule has 0 aliphatic carbocycles. The van der Waals surface area contributed by atoms with Crippen LogP contribution in [-0.2, 0) is 11.3 Å². The van der Waals surface area contributed by atoms with Crippen LogP contribution in [0.25, 0.3) is 11.0 Å². The predicted octanol–water partition coefficient (Wildman–Crippen LogP) is 3.10. The highest BCUT2D eigenvalue weighted by atomic mass is 16.5. The molecule has 1 aromatic carbocycles. The molecule has 0 N–H and O–H groups in total. The van der Waals surface area contributed by atoms with Crippen LogP contribution in [0, 0.1) is 0 Å². The summed E-state index contributed by atoms with van der Waals surface area (Å²) in [5, 5.41) is 8.46. The molecule has 1 aliphatic rings. The van der Waals surface area contributed by atoms with Crippen molar-refractivity contribution in [1.29, 1.82) is 0 Å². The number of fused-ring (bicyclic) bond motifs is 1. The normalized spacial score (nSPS) is 17.1. The summed E-state index contributed by atoms with van der Waals surface area (Å²) in [6.07, 6.45) is 6.36. The molecule has 1 saturated heterocycles. The van der Waals surface area contributed by atoms with E-state index in [4.69, 9.17) is 4.74 Å².